The van der Waals surface area contributed by atoms with Crippen molar-refractivity contribution in [2.24, 2.45) is 0 Å². The van der Waals surface area contributed by atoms with E-state index in [1.54, 1.807) is 24.3 Å². The first kappa shape index (κ1) is 13.2. The van der Waals surface area contributed by atoms with Crippen molar-refractivity contribution in [3.05, 3.63) is 28.7 Å². The molecule has 2 amide bonds. The molecular formula is C10H9Br2NO3. The molecule has 1 aromatic carbocycles. The van der Waals surface area contributed by atoms with E-state index < -0.39 is 6.09 Å². The van der Waals surface area contributed by atoms with Crippen LogP contribution in [-0.2, 0) is 4.79 Å². The second-order valence-corrected chi connectivity index (χ2v) is 4.54. The zero-order valence-electron chi connectivity index (χ0n) is 8.20. The quantitative estimate of drug-likeness (QED) is 0.853. The van der Waals surface area contributed by atoms with E-state index in [0.29, 0.717) is 11.1 Å². The van der Waals surface area contributed by atoms with E-state index in [9.17, 15) is 9.59 Å². The van der Waals surface area contributed by atoms with Crippen molar-refractivity contribution in [1.29, 1.82) is 0 Å². The Morgan fingerprint density at radius 3 is 2.75 bits per heavy atom. The molecule has 0 atom stereocenters. The van der Waals surface area contributed by atoms with E-state index in [2.05, 4.69) is 37.2 Å². The molecule has 0 heterocycles. The van der Waals surface area contributed by atoms with Crippen LogP contribution >= 0.6 is 31.9 Å². The lowest BCUT2D eigenvalue weighted by Gasteiger charge is -2.04. The summed E-state index contributed by atoms with van der Waals surface area (Å²) in [5, 5.41) is 2.61. The van der Waals surface area contributed by atoms with Crippen molar-refractivity contribution in [2.45, 2.75) is 6.42 Å². The molecule has 0 spiro atoms. The smallest absolute Gasteiger partial charge is 0.410 e. The standard InChI is InChI=1S/C10H9Br2NO3/c11-5-4-9(14)13-10(15)16-8-3-1-2-7(12)6-8/h1-3,6H,4-5H2,(H,13,14,15). The van der Waals surface area contributed by atoms with Gasteiger partial charge >= 0.3 is 6.09 Å². The molecule has 0 aliphatic carbocycles. The number of amides is 2. The first-order valence-electron chi connectivity index (χ1n) is 4.45. The summed E-state index contributed by atoms with van der Waals surface area (Å²) in [6, 6.07) is 6.79. The summed E-state index contributed by atoms with van der Waals surface area (Å²) in [6.07, 6.45) is -0.544. The number of benzene rings is 1. The van der Waals surface area contributed by atoms with Crippen LogP contribution in [0.2, 0.25) is 0 Å². The lowest BCUT2D eigenvalue weighted by atomic mass is 10.3. The van der Waals surface area contributed by atoms with Gasteiger partial charge in [-0.3, -0.25) is 10.1 Å². The Hall–Kier alpha value is -0.880. The molecule has 6 heteroatoms. The number of ether oxygens (including phenoxy) is 1. The van der Waals surface area contributed by atoms with E-state index in [0.717, 1.165) is 4.47 Å². The maximum Gasteiger partial charge on any atom is 0.419 e. The SMILES string of the molecule is O=C(CCBr)NC(=O)Oc1cccc(Br)c1. The minimum Gasteiger partial charge on any atom is -0.410 e. The van der Waals surface area contributed by atoms with Crippen LogP contribution in [0.25, 0.3) is 0 Å². The van der Waals surface area contributed by atoms with Crippen LogP contribution in [0.5, 0.6) is 5.75 Å². The fraction of sp³-hybridized carbons (Fsp3) is 0.200. The average molecular weight is 351 g/mol. The maximum absolute atomic E-state index is 11.2. The highest BCUT2D eigenvalue weighted by molar-refractivity contribution is 9.10. The number of hydrogen-bond acceptors (Lipinski definition) is 3. The first-order valence-corrected chi connectivity index (χ1v) is 6.36. The van der Waals surface area contributed by atoms with Crippen molar-refractivity contribution >= 4 is 43.9 Å². The second-order valence-electron chi connectivity index (χ2n) is 2.83. The number of carbonyl (C=O) groups is 2. The molecule has 1 rings (SSSR count). The van der Waals surface area contributed by atoms with Gasteiger partial charge in [-0.1, -0.05) is 37.9 Å². The molecule has 4 nitrogen and oxygen atoms in total. The molecule has 0 aromatic heterocycles. The van der Waals surface area contributed by atoms with E-state index in [-0.39, 0.29) is 12.3 Å². The molecule has 0 fully saturated rings. The lowest BCUT2D eigenvalue weighted by Crippen LogP contribution is -2.32. The molecule has 0 saturated carbocycles. The van der Waals surface area contributed by atoms with Gasteiger partial charge in [0.25, 0.3) is 0 Å². The first-order chi connectivity index (χ1) is 7.61. The molecule has 0 aliphatic heterocycles. The zero-order chi connectivity index (χ0) is 12.0. The minimum atomic E-state index is -0.774. The van der Waals surface area contributed by atoms with E-state index in [1.807, 2.05) is 0 Å². The number of halogens is 2. The molecule has 0 saturated heterocycles. The molecular weight excluding hydrogens is 342 g/mol. The van der Waals surface area contributed by atoms with Gasteiger partial charge in [0.05, 0.1) is 0 Å². The molecule has 86 valence electrons. The van der Waals surface area contributed by atoms with Gasteiger partial charge in [-0.15, -0.1) is 0 Å². The Kier molecular flexibility index (Phi) is 5.48. The average Bonchev–Trinajstić information content (AvgIpc) is 2.17. The van der Waals surface area contributed by atoms with Crippen LogP contribution in [0.15, 0.2) is 28.7 Å². The van der Waals surface area contributed by atoms with Gasteiger partial charge in [0.1, 0.15) is 5.75 Å². The van der Waals surface area contributed by atoms with Crippen molar-refractivity contribution in [1.82, 2.24) is 5.32 Å². The van der Waals surface area contributed by atoms with Crippen LogP contribution < -0.4 is 10.1 Å². The summed E-state index contributed by atoms with van der Waals surface area (Å²) in [6.45, 7) is 0. The summed E-state index contributed by atoms with van der Waals surface area (Å²) in [5.41, 5.74) is 0. The van der Waals surface area contributed by atoms with Gasteiger partial charge in [0, 0.05) is 16.2 Å². The van der Waals surface area contributed by atoms with Gasteiger partial charge in [-0.25, -0.2) is 4.79 Å². The predicted octanol–water partition coefficient (Wildman–Crippen LogP) is 2.85. The summed E-state index contributed by atoms with van der Waals surface area (Å²) in [7, 11) is 0. The number of carbonyl (C=O) groups excluding carboxylic acids is 2. The van der Waals surface area contributed by atoms with Crippen LogP contribution in [0.3, 0.4) is 0 Å². The molecule has 0 radical (unpaired) electrons. The topological polar surface area (TPSA) is 55.4 Å². The van der Waals surface area contributed by atoms with Crippen molar-refractivity contribution in [2.75, 3.05) is 5.33 Å². The highest BCUT2D eigenvalue weighted by Gasteiger charge is 2.08. The number of alkyl halides is 1. The number of hydrogen-bond donors (Lipinski definition) is 1. The third-order valence-electron chi connectivity index (χ3n) is 1.57. The van der Waals surface area contributed by atoms with Gasteiger partial charge in [-0.2, -0.15) is 0 Å². The second kappa shape index (κ2) is 6.65. The minimum absolute atomic E-state index is 0.230. The molecule has 1 aromatic rings. The van der Waals surface area contributed by atoms with Gasteiger partial charge in [-0.05, 0) is 18.2 Å². The molecule has 16 heavy (non-hydrogen) atoms. The van der Waals surface area contributed by atoms with Crippen LogP contribution in [0, 0.1) is 0 Å². The van der Waals surface area contributed by atoms with Crippen molar-refractivity contribution in [3.8, 4) is 5.75 Å². The molecule has 1 N–H and O–H groups in total. The lowest BCUT2D eigenvalue weighted by molar-refractivity contribution is -0.119. The van der Waals surface area contributed by atoms with E-state index in [4.69, 9.17) is 4.74 Å². The Balaban J connectivity index is 2.48. The van der Waals surface area contributed by atoms with Gasteiger partial charge in [0.15, 0.2) is 0 Å². The van der Waals surface area contributed by atoms with Crippen LogP contribution in [0.1, 0.15) is 6.42 Å². The molecule has 0 aliphatic rings. The van der Waals surface area contributed by atoms with Crippen LogP contribution in [-0.4, -0.2) is 17.3 Å². The van der Waals surface area contributed by atoms with Gasteiger partial charge < -0.3 is 4.74 Å². The van der Waals surface area contributed by atoms with E-state index in [1.165, 1.54) is 0 Å². The Morgan fingerprint density at radius 2 is 2.12 bits per heavy atom. The van der Waals surface area contributed by atoms with Gasteiger partial charge in [0.2, 0.25) is 5.91 Å². The Morgan fingerprint density at radius 1 is 1.38 bits per heavy atom. The Labute approximate surface area is 110 Å². The molecule has 0 unspecified atom stereocenters. The fourth-order valence-corrected chi connectivity index (χ4v) is 1.66. The largest absolute Gasteiger partial charge is 0.419 e. The predicted molar refractivity (Wildman–Crippen MR) is 66.7 cm³/mol. The summed E-state index contributed by atoms with van der Waals surface area (Å²) >= 11 is 6.34. The van der Waals surface area contributed by atoms with Crippen molar-refractivity contribution in [3.63, 3.8) is 0 Å². The normalized spacial score (nSPS) is 9.62. The molecule has 0 bridgehead atoms. The summed E-state index contributed by atoms with van der Waals surface area (Å²) in [4.78, 5) is 22.3. The number of rotatable bonds is 3. The third kappa shape index (κ3) is 4.76. The van der Waals surface area contributed by atoms with Crippen LogP contribution in [0.4, 0.5) is 4.79 Å². The highest BCUT2D eigenvalue weighted by Crippen LogP contribution is 2.17. The van der Waals surface area contributed by atoms with E-state index >= 15 is 0 Å². The summed E-state index contributed by atoms with van der Waals surface area (Å²) < 4.78 is 5.69. The Bertz CT molecular complexity index is 395. The highest BCUT2D eigenvalue weighted by atomic mass is 79.9. The number of nitrogens with one attached hydrogen (secondary N) is 1. The zero-order valence-corrected chi connectivity index (χ0v) is 11.4. The summed E-state index contributed by atoms with van der Waals surface area (Å²) in [5.74, 6) is -0.00427. The maximum atomic E-state index is 11.2. The van der Waals surface area contributed by atoms with Crippen molar-refractivity contribution < 1.29 is 14.3 Å². The third-order valence-corrected chi connectivity index (χ3v) is 2.46. The monoisotopic (exact) mass is 349 g/mol. The number of imide groups is 1. The fourth-order valence-electron chi connectivity index (χ4n) is 0.925.